The molecule has 1 aromatic carbocycles. The summed E-state index contributed by atoms with van der Waals surface area (Å²) in [6.45, 7) is 5.05. The van der Waals surface area contributed by atoms with Crippen LogP contribution in [0, 0.1) is 0 Å². The van der Waals surface area contributed by atoms with E-state index in [4.69, 9.17) is 10.5 Å². The number of fused-ring (bicyclic) bond motifs is 1. The molecule has 1 aliphatic rings. The van der Waals surface area contributed by atoms with Gasteiger partial charge in [0.2, 0.25) is 6.41 Å². The molecule has 3 aromatic heterocycles. The summed E-state index contributed by atoms with van der Waals surface area (Å²) in [6.07, 6.45) is 2.76. The first-order valence-corrected chi connectivity index (χ1v) is 12.9. The van der Waals surface area contributed by atoms with Gasteiger partial charge in [-0.15, -0.1) is 0 Å². The number of nitrogens with one attached hydrogen (secondary N) is 3. The van der Waals surface area contributed by atoms with Crippen molar-refractivity contribution in [1.29, 1.82) is 0 Å². The Bertz CT molecular complexity index is 1500. The summed E-state index contributed by atoms with van der Waals surface area (Å²) in [5, 5.41) is 11.8. The van der Waals surface area contributed by atoms with Crippen LogP contribution in [0.1, 0.15) is 42.4 Å². The van der Waals surface area contributed by atoms with Gasteiger partial charge in [0.05, 0.1) is 23.7 Å². The second-order valence-electron chi connectivity index (χ2n) is 9.36. The molecule has 0 radical (unpaired) electrons. The summed E-state index contributed by atoms with van der Waals surface area (Å²) in [4.78, 5) is 32.3. The molecule has 1 fully saturated rings. The zero-order valence-corrected chi connectivity index (χ0v) is 22.3. The van der Waals surface area contributed by atoms with Gasteiger partial charge in [-0.3, -0.25) is 24.0 Å². The van der Waals surface area contributed by atoms with Crippen LogP contribution in [0.4, 0.5) is 24.7 Å². The van der Waals surface area contributed by atoms with Gasteiger partial charge in [0.1, 0.15) is 5.69 Å². The lowest BCUT2D eigenvalue weighted by molar-refractivity contribution is -0.140. The number of carbonyl (C=O) groups excluding carboxylic acids is 2. The van der Waals surface area contributed by atoms with E-state index in [-0.39, 0.29) is 37.0 Å². The zero-order valence-electron chi connectivity index (χ0n) is 22.3. The predicted molar refractivity (Wildman–Crippen MR) is 153 cm³/mol. The molecule has 1 atom stereocenters. The Labute approximate surface area is 240 Å². The number of benzene rings is 1. The molecule has 0 spiro atoms. The SMILES string of the molecule is C.CCc1cc(Nc2nccn3c(-c4cn[nH]c4C(F)(F)F)cnc23)ccc1C(=O)NCCN1CCC(N)C1.NC=O. The van der Waals surface area contributed by atoms with Gasteiger partial charge in [0.15, 0.2) is 11.5 Å². The number of imidazole rings is 1. The molecule has 226 valence electrons. The van der Waals surface area contributed by atoms with Crippen LogP contribution in [0.2, 0.25) is 0 Å². The molecular weight excluding hydrogens is 553 g/mol. The third-order valence-corrected chi connectivity index (χ3v) is 6.64. The van der Waals surface area contributed by atoms with Crippen LogP contribution in [0.25, 0.3) is 16.9 Å². The number of H-pyrrole nitrogens is 1. The van der Waals surface area contributed by atoms with Crippen molar-refractivity contribution in [1.82, 2.24) is 34.8 Å². The average molecular weight is 589 g/mol. The van der Waals surface area contributed by atoms with Gasteiger partial charge in [0, 0.05) is 49.3 Å². The van der Waals surface area contributed by atoms with Crippen molar-refractivity contribution in [3.8, 4) is 11.3 Å². The minimum absolute atomic E-state index is 0. The number of primary amides is 1. The van der Waals surface area contributed by atoms with Gasteiger partial charge >= 0.3 is 6.18 Å². The van der Waals surface area contributed by atoms with Crippen molar-refractivity contribution >= 4 is 29.5 Å². The predicted octanol–water partition coefficient (Wildman–Crippen LogP) is 2.94. The minimum atomic E-state index is -4.59. The largest absolute Gasteiger partial charge is 0.433 e. The smallest absolute Gasteiger partial charge is 0.372 e. The number of halogens is 3. The number of amides is 2. The number of hydrogen-bond acceptors (Lipinski definition) is 8. The van der Waals surface area contributed by atoms with E-state index in [1.54, 1.807) is 12.1 Å². The molecule has 12 nitrogen and oxygen atoms in total. The van der Waals surface area contributed by atoms with Crippen LogP contribution in [0.5, 0.6) is 0 Å². The van der Waals surface area contributed by atoms with Gasteiger partial charge in [-0.05, 0) is 43.1 Å². The van der Waals surface area contributed by atoms with Crippen LogP contribution in [0.3, 0.4) is 0 Å². The van der Waals surface area contributed by atoms with Crippen molar-refractivity contribution in [2.24, 2.45) is 11.5 Å². The lowest BCUT2D eigenvalue weighted by Gasteiger charge is -2.16. The van der Waals surface area contributed by atoms with E-state index in [0.29, 0.717) is 35.7 Å². The number of aromatic amines is 1. The van der Waals surface area contributed by atoms with E-state index in [1.165, 1.54) is 23.0 Å². The van der Waals surface area contributed by atoms with Crippen LogP contribution >= 0.6 is 0 Å². The normalized spacial score (nSPS) is 15.0. The van der Waals surface area contributed by atoms with E-state index in [9.17, 15) is 18.0 Å². The monoisotopic (exact) mass is 588 g/mol. The number of likely N-dealkylation sites (tertiary alicyclic amines) is 1. The number of aryl methyl sites for hydroxylation is 1. The second kappa shape index (κ2) is 13.9. The fraction of sp³-hybridized carbons (Fsp3) is 0.370. The van der Waals surface area contributed by atoms with Gasteiger partial charge in [0.25, 0.3) is 5.91 Å². The Hall–Kier alpha value is -4.50. The topological polar surface area (TPSA) is 172 Å². The highest BCUT2D eigenvalue weighted by Crippen LogP contribution is 2.36. The van der Waals surface area contributed by atoms with Gasteiger partial charge in [-0.2, -0.15) is 18.3 Å². The lowest BCUT2D eigenvalue weighted by Crippen LogP contribution is -2.35. The number of anilines is 2. The highest BCUT2D eigenvalue weighted by Gasteiger charge is 2.36. The van der Waals surface area contributed by atoms with Crippen LogP contribution < -0.4 is 22.1 Å². The van der Waals surface area contributed by atoms with E-state index in [1.807, 2.05) is 18.1 Å². The third-order valence-electron chi connectivity index (χ3n) is 6.64. The van der Waals surface area contributed by atoms with Crippen LogP contribution in [-0.2, 0) is 17.4 Å². The number of carbonyl (C=O) groups is 2. The van der Waals surface area contributed by atoms with Crippen molar-refractivity contribution < 1.29 is 22.8 Å². The molecule has 5 rings (SSSR count). The summed E-state index contributed by atoms with van der Waals surface area (Å²) in [7, 11) is 0. The Morgan fingerprint density at radius 1 is 1.26 bits per heavy atom. The maximum absolute atomic E-state index is 13.4. The molecule has 1 saturated heterocycles. The number of hydrogen-bond donors (Lipinski definition) is 5. The van der Waals surface area contributed by atoms with E-state index >= 15 is 0 Å². The standard InChI is InChI=1S/C25H28F3N9O.CH3NO.CH4/c1-2-15-11-17(3-4-18(15)24(38)31-6-9-36-8-5-16(29)14-36)34-22-23-32-13-20(37(23)10-7-30-22)19-12-33-35-21(19)25(26,27)28;2-1-3;/h3-4,7,10-13,16H,2,5-6,8-9,14,29H2,1H3,(H,30,34)(H,31,38)(H,33,35);1H,(H2,2,3);1H4. The summed E-state index contributed by atoms with van der Waals surface area (Å²) in [5.41, 5.74) is 11.7. The number of rotatable bonds is 8. The zero-order chi connectivity index (χ0) is 29.6. The fourth-order valence-corrected chi connectivity index (χ4v) is 4.71. The number of nitrogens with two attached hydrogens (primary N) is 2. The van der Waals surface area contributed by atoms with Crippen molar-refractivity contribution in [2.75, 3.05) is 31.5 Å². The summed E-state index contributed by atoms with van der Waals surface area (Å²) >= 11 is 0. The maximum Gasteiger partial charge on any atom is 0.433 e. The molecule has 42 heavy (non-hydrogen) atoms. The average Bonchev–Trinajstić information content (AvgIpc) is 3.68. The molecule has 1 unspecified atom stereocenters. The van der Waals surface area contributed by atoms with Gasteiger partial charge in [-0.25, -0.2) is 9.97 Å². The Morgan fingerprint density at radius 3 is 2.69 bits per heavy atom. The molecule has 4 aromatic rings. The first kappa shape index (κ1) is 32.0. The molecule has 2 amide bonds. The maximum atomic E-state index is 13.4. The summed E-state index contributed by atoms with van der Waals surface area (Å²) in [6, 6.07) is 5.58. The van der Waals surface area contributed by atoms with Crippen molar-refractivity contribution in [2.45, 2.75) is 39.4 Å². The van der Waals surface area contributed by atoms with Crippen molar-refractivity contribution in [3.63, 3.8) is 0 Å². The molecule has 7 N–H and O–H groups in total. The minimum Gasteiger partial charge on any atom is -0.372 e. The first-order chi connectivity index (χ1) is 19.7. The van der Waals surface area contributed by atoms with Crippen LogP contribution in [0.15, 0.2) is 43.0 Å². The number of nitrogens with zero attached hydrogens (tertiary/aromatic N) is 5. The fourth-order valence-electron chi connectivity index (χ4n) is 4.71. The summed E-state index contributed by atoms with van der Waals surface area (Å²) < 4.78 is 41.7. The molecule has 1 aliphatic heterocycles. The number of aromatic nitrogens is 5. The number of alkyl halides is 3. The molecule has 0 saturated carbocycles. The quantitative estimate of drug-likeness (QED) is 0.196. The van der Waals surface area contributed by atoms with E-state index in [0.717, 1.165) is 37.8 Å². The van der Waals surface area contributed by atoms with E-state index < -0.39 is 11.9 Å². The van der Waals surface area contributed by atoms with Crippen LogP contribution in [-0.4, -0.2) is 74.0 Å². The van der Waals surface area contributed by atoms with Gasteiger partial charge < -0.3 is 22.1 Å². The lowest BCUT2D eigenvalue weighted by atomic mass is 10.0. The molecule has 4 heterocycles. The first-order valence-electron chi connectivity index (χ1n) is 12.9. The Balaban J connectivity index is 0.00000116. The highest BCUT2D eigenvalue weighted by molar-refractivity contribution is 5.96. The Kier molecular flexibility index (Phi) is 10.6. The summed E-state index contributed by atoms with van der Waals surface area (Å²) in [5.74, 6) is 0.217. The molecular formula is C27H35F3N10O2. The molecule has 0 aliphatic carbocycles. The molecule has 15 heteroatoms. The highest BCUT2D eigenvalue weighted by atomic mass is 19.4. The third kappa shape index (κ3) is 7.22. The van der Waals surface area contributed by atoms with E-state index in [2.05, 4.69) is 36.3 Å². The van der Waals surface area contributed by atoms with Crippen molar-refractivity contribution in [3.05, 3.63) is 59.8 Å². The second-order valence-corrected chi connectivity index (χ2v) is 9.36. The van der Waals surface area contributed by atoms with Gasteiger partial charge in [-0.1, -0.05) is 14.4 Å². The molecule has 0 bridgehead atoms. The Morgan fingerprint density at radius 2 is 2.02 bits per heavy atom.